The molecule has 3 aromatic heterocycles. The average Bonchev–Trinajstić information content (AvgIpc) is 3.19. The molecule has 1 aromatic carbocycles. The van der Waals surface area contributed by atoms with Crippen LogP contribution in [0.1, 0.15) is 17.9 Å². The van der Waals surface area contributed by atoms with Crippen molar-refractivity contribution >= 4 is 17.2 Å². The van der Waals surface area contributed by atoms with Gasteiger partial charge in [0.05, 0.1) is 5.39 Å². The number of aromatic nitrogens is 3. The van der Waals surface area contributed by atoms with E-state index in [1.54, 1.807) is 42.7 Å². The lowest BCUT2D eigenvalue weighted by Crippen LogP contribution is -2.07. The number of aromatic hydroxyl groups is 1. The Kier molecular flexibility index (Phi) is 4.92. The number of benzene rings is 1. The molecule has 0 saturated heterocycles. The molecule has 0 radical (unpaired) electrons. The second kappa shape index (κ2) is 7.83. The molecule has 0 aliphatic carbocycles. The van der Waals surface area contributed by atoms with Crippen molar-refractivity contribution in [1.82, 2.24) is 15.1 Å². The summed E-state index contributed by atoms with van der Waals surface area (Å²) < 4.78 is 10.4. The average molecular weight is 376 g/mol. The molecule has 0 unspecified atom stereocenters. The Morgan fingerprint density at radius 2 is 2.07 bits per heavy atom. The molecule has 140 valence electrons. The van der Waals surface area contributed by atoms with Gasteiger partial charge in [0.25, 0.3) is 0 Å². The number of aryl methyl sites for hydroxylation is 1. The third kappa shape index (κ3) is 3.66. The topological polar surface area (TPSA) is 115 Å². The van der Waals surface area contributed by atoms with Crippen LogP contribution in [0.15, 0.2) is 67.5 Å². The van der Waals surface area contributed by atoms with Gasteiger partial charge in [-0.15, -0.1) is 0 Å². The highest BCUT2D eigenvalue weighted by Gasteiger charge is 2.11. The van der Waals surface area contributed by atoms with Gasteiger partial charge >= 0.3 is 5.63 Å². The van der Waals surface area contributed by atoms with E-state index >= 15 is 0 Å². The van der Waals surface area contributed by atoms with Gasteiger partial charge in [-0.25, -0.2) is 4.79 Å². The number of fused-ring (bicyclic) bond motifs is 1. The minimum absolute atomic E-state index is 0.0374. The normalized spacial score (nSPS) is 11.4. The Labute approximate surface area is 159 Å². The fourth-order valence-corrected chi connectivity index (χ4v) is 2.71. The van der Waals surface area contributed by atoms with E-state index in [4.69, 9.17) is 8.94 Å². The summed E-state index contributed by atoms with van der Waals surface area (Å²) in [5.41, 5.74) is 0.533. The molecule has 1 N–H and O–H groups in total. The van der Waals surface area contributed by atoms with Crippen LogP contribution >= 0.6 is 0 Å². The number of hydrogen-bond acceptors (Lipinski definition) is 8. The summed E-state index contributed by atoms with van der Waals surface area (Å²) >= 11 is 0. The molecular weight excluding hydrogens is 360 g/mol. The van der Waals surface area contributed by atoms with Crippen LogP contribution in [0.3, 0.4) is 0 Å². The first-order chi connectivity index (χ1) is 13.7. The van der Waals surface area contributed by atoms with E-state index < -0.39 is 5.63 Å². The number of pyridine rings is 1. The lowest BCUT2D eigenvalue weighted by molar-refractivity contribution is 0.376. The molecule has 0 spiro atoms. The number of nitrogens with zero attached hydrogens (tertiary/aromatic N) is 4. The van der Waals surface area contributed by atoms with Gasteiger partial charge < -0.3 is 14.0 Å². The highest BCUT2D eigenvalue weighted by molar-refractivity contribution is 5.93. The SMILES string of the molecule is O=c1oc2ccccc2c(O)c1C=NCCCc1nc(-c2cccnc2)no1. The smallest absolute Gasteiger partial charge is 0.348 e. The van der Waals surface area contributed by atoms with Crippen molar-refractivity contribution in [3.05, 3.63) is 70.7 Å². The summed E-state index contributed by atoms with van der Waals surface area (Å²) in [5, 5.41) is 14.7. The van der Waals surface area contributed by atoms with Crippen molar-refractivity contribution in [2.24, 2.45) is 4.99 Å². The van der Waals surface area contributed by atoms with Crippen molar-refractivity contribution in [3.63, 3.8) is 0 Å². The third-order valence-corrected chi connectivity index (χ3v) is 4.11. The highest BCUT2D eigenvalue weighted by atomic mass is 16.5. The zero-order valence-corrected chi connectivity index (χ0v) is 14.8. The molecule has 8 nitrogen and oxygen atoms in total. The van der Waals surface area contributed by atoms with Crippen LogP contribution in [0.2, 0.25) is 0 Å². The first-order valence-corrected chi connectivity index (χ1v) is 8.70. The van der Waals surface area contributed by atoms with Gasteiger partial charge in [-0.3, -0.25) is 9.98 Å². The number of rotatable bonds is 6. The van der Waals surface area contributed by atoms with Gasteiger partial charge in [-0.05, 0) is 30.7 Å². The van der Waals surface area contributed by atoms with Crippen molar-refractivity contribution in [2.75, 3.05) is 6.54 Å². The molecule has 0 atom stereocenters. The summed E-state index contributed by atoms with van der Waals surface area (Å²) in [6.45, 7) is 0.427. The maximum absolute atomic E-state index is 12.0. The maximum Gasteiger partial charge on any atom is 0.348 e. The van der Waals surface area contributed by atoms with Crippen molar-refractivity contribution < 1.29 is 14.0 Å². The molecule has 0 aliphatic heterocycles. The van der Waals surface area contributed by atoms with E-state index in [1.165, 1.54) is 6.21 Å². The van der Waals surface area contributed by atoms with E-state index in [9.17, 15) is 9.90 Å². The molecule has 0 aliphatic rings. The minimum atomic E-state index is -0.627. The van der Waals surface area contributed by atoms with Crippen molar-refractivity contribution in [3.8, 4) is 17.1 Å². The summed E-state index contributed by atoms with van der Waals surface area (Å²) in [4.78, 5) is 24.6. The highest BCUT2D eigenvalue weighted by Crippen LogP contribution is 2.24. The van der Waals surface area contributed by atoms with E-state index in [1.807, 2.05) is 6.07 Å². The van der Waals surface area contributed by atoms with Gasteiger partial charge in [0.2, 0.25) is 11.7 Å². The predicted molar refractivity (Wildman–Crippen MR) is 102 cm³/mol. The largest absolute Gasteiger partial charge is 0.506 e. The van der Waals surface area contributed by atoms with Crippen LogP contribution < -0.4 is 5.63 Å². The predicted octanol–water partition coefficient (Wildman–Crippen LogP) is 3.00. The van der Waals surface area contributed by atoms with Gasteiger partial charge in [-0.2, -0.15) is 4.98 Å². The van der Waals surface area contributed by atoms with Gasteiger partial charge in [0.15, 0.2) is 0 Å². The molecule has 28 heavy (non-hydrogen) atoms. The lowest BCUT2D eigenvalue weighted by atomic mass is 10.1. The first kappa shape index (κ1) is 17.6. The fraction of sp³-hybridized carbons (Fsp3) is 0.150. The molecule has 8 heteroatoms. The van der Waals surface area contributed by atoms with Crippen LogP contribution in [-0.2, 0) is 6.42 Å². The minimum Gasteiger partial charge on any atom is -0.506 e. The molecule has 0 fully saturated rings. The Bertz CT molecular complexity index is 1180. The van der Waals surface area contributed by atoms with Crippen LogP contribution in [0.4, 0.5) is 0 Å². The zero-order valence-electron chi connectivity index (χ0n) is 14.8. The summed E-state index contributed by atoms with van der Waals surface area (Å²) in [7, 11) is 0. The molecule has 4 aromatic rings. The number of para-hydroxylation sites is 1. The van der Waals surface area contributed by atoms with Crippen LogP contribution in [0, 0.1) is 0 Å². The number of hydrogen-bond donors (Lipinski definition) is 1. The zero-order chi connectivity index (χ0) is 19.3. The van der Waals surface area contributed by atoms with Crippen LogP contribution in [0.5, 0.6) is 5.75 Å². The Morgan fingerprint density at radius 3 is 2.93 bits per heavy atom. The first-order valence-electron chi connectivity index (χ1n) is 8.70. The monoisotopic (exact) mass is 376 g/mol. The molecule has 0 amide bonds. The molecule has 0 bridgehead atoms. The van der Waals surface area contributed by atoms with Gasteiger partial charge in [0, 0.05) is 37.1 Å². The van der Waals surface area contributed by atoms with Crippen molar-refractivity contribution in [2.45, 2.75) is 12.8 Å². The van der Waals surface area contributed by atoms with E-state index in [-0.39, 0.29) is 11.3 Å². The number of aliphatic imine (C=N–C) groups is 1. The standard InChI is InChI=1S/C20H16N4O4/c25-18-14-6-1-2-7-16(14)27-20(26)15(18)12-22-10-4-8-17-23-19(24-28-17)13-5-3-9-21-11-13/h1-3,5-7,9,11-12,25H,4,8,10H2. The van der Waals surface area contributed by atoms with Gasteiger partial charge in [-0.1, -0.05) is 17.3 Å². The van der Waals surface area contributed by atoms with Crippen LogP contribution in [-0.4, -0.2) is 33.0 Å². The fourth-order valence-electron chi connectivity index (χ4n) is 2.71. The second-order valence-electron chi connectivity index (χ2n) is 6.04. The van der Waals surface area contributed by atoms with Crippen LogP contribution in [0.25, 0.3) is 22.4 Å². The maximum atomic E-state index is 12.0. The second-order valence-corrected chi connectivity index (χ2v) is 6.04. The van der Waals surface area contributed by atoms with E-state index in [2.05, 4.69) is 20.1 Å². The molecule has 4 rings (SSSR count). The molecular formula is C20H16N4O4. The van der Waals surface area contributed by atoms with Crippen molar-refractivity contribution in [1.29, 1.82) is 0 Å². The molecule has 0 saturated carbocycles. The molecule has 3 heterocycles. The van der Waals surface area contributed by atoms with Gasteiger partial charge in [0.1, 0.15) is 16.9 Å². The Morgan fingerprint density at radius 1 is 1.18 bits per heavy atom. The van der Waals surface area contributed by atoms with E-state index in [0.29, 0.717) is 42.1 Å². The Hall–Kier alpha value is -3.81. The van der Waals surface area contributed by atoms with E-state index in [0.717, 1.165) is 5.56 Å². The summed E-state index contributed by atoms with van der Waals surface area (Å²) in [6.07, 6.45) is 5.87. The summed E-state index contributed by atoms with van der Waals surface area (Å²) in [6, 6.07) is 10.5. The lowest BCUT2D eigenvalue weighted by Gasteiger charge is -2.02. The quantitative estimate of drug-likeness (QED) is 0.312. The summed E-state index contributed by atoms with van der Waals surface area (Å²) in [5.74, 6) is 0.862. The Balaban J connectivity index is 1.38. The third-order valence-electron chi connectivity index (χ3n) is 4.11.